The zero-order chi connectivity index (χ0) is 14.2. The summed E-state index contributed by atoms with van der Waals surface area (Å²) in [6.45, 7) is 0.516. The predicted octanol–water partition coefficient (Wildman–Crippen LogP) is 3.41. The van der Waals surface area contributed by atoms with Crippen LogP contribution in [0.5, 0.6) is 0 Å². The van der Waals surface area contributed by atoms with E-state index in [0.29, 0.717) is 6.54 Å². The zero-order valence-electron chi connectivity index (χ0n) is 10.7. The van der Waals surface area contributed by atoms with Gasteiger partial charge in [0.05, 0.1) is 10.9 Å². The maximum atomic E-state index is 12.9. The van der Waals surface area contributed by atoms with E-state index >= 15 is 0 Å². The molecule has 6 heteroatoms. The van der Waals surface area contributed by atoms with Crippen molar-refractivity contribution in [3.05, 3.63) is 52.5 Å². The first-order valence-electron chi connectivity index (χ1n) is 6.40. The Morgan fingerprint density at radius 3 is 2.60 bits per heavy atom. The Bertz CT molecular complexity index is 680. The van der Waals surface area contributed by atoms with E-state index in [4.69, 9.17) is 0 Å². The second-order valence-corrected chi connectivity index (χ2v) is 7.61. The van der Waals surface area contributed by atoms with Crippen LogP contribution < -0.4 is 0 Å². The Hall–Kier alpha value is -1.24. The van der Waals surface area contributed by atoms with Gasteiger partial charge in [0.1, 0.15) is 5.82 Å². The van der Waals surface area contributed by atoms with Crippen molar-refractivity contribution in [1.29, 1.82) is 0 Å². The molecule has 2 aromatic rings. The highest BCUT2D eigenvalue weighted by Crippen LogP contribution is 2.38. The molecule has 1 aromatic heterocycles. The molecule has 0 N–H and O–H groups in total. The molecular weight excluding hydrogens is 297 g/mol. The number of thiophene rings is 1. The third-order valence-electron chi connectivity index (χ3n) is 3.50. The van der Waals surface area contributed by atoms with E-state index in [2.05, 4.69) is 0 Å². The third kappa shape index (κ3) is 2.39. The van der Waals surface area contributed by atoms with Gasteiger partial charge in [0.15, 0.2) is 0 Å². The van der Waals surface area contributed by atoms with Crippen LogP contribution in [0.15, 0.2) is 46.7 Å². The van der Waals surface area contributed by atoms with Crippen LogP contribution in [0.1, 0.15) is 23.8 Å². The molecule has 0 unspecified atom stereocenters. The second-order valence-electron chi connectivity index (χ2n) is 4.74. The lowest BCUT2D eigenvalue weighted by Gasteiger charge is -2.23. The molecule has 1 aromatic carbocycles. The van der Waals surface area contributed by atoms with Crippen LogP contribution in [-0.2, 0) is 10.0 Å². The minimum atomic E-state index is -3.56. The highest BCUT2D eigenvalue weighted by Gasteiger charge is 2.36. The molecule has 1 aliphatic rings. The third-order valence-corrected chi connectivity index (χ3v) is 6.39. The van der Waals surface area contributed by atoms with Gasteiger partial charge in [0.2, 0.25) is 10.0 Å². The molecule has 3 nitrogen and oxygen atoms in total. The molecule has 0 spiro atoms. The molecule has 0 radical (unpaired) electrons. The lowest BCUT2D eigenvalue weighted by Crippen LogP contribution is -2.30. The molecule has 0 saturated carbocycles. The van der Waals surface area contributed by atoms with Crippen LogP contribution in [0.2, 0.25) is 0 Å². The van der Waals surface area contributed by atoms with Crippen molar-refractivity contribution in [2.45, 2.75) is 23.8 Å². The van der Waals surface area contributed by atoms with Gasteiger partial charge in [-0.3, -0.25) is 0 Å². The Balaban J connectivity index is 1.96. The van der Waals surface area contributed by atoms with Crippen LogP contribution in [0.4, 0.5) is 4.39 Å². The highest BCUT2D eigenvalue weighted by atomic mass is 32.2. The van der Waals surface area contributed by atoms with Gasteiger partial charge in [-0.2, -0.15) is 4.31 Å². The minimum absolute atomic E-state index is 0.0925. The summed E-state index contributed by atoms with van der Waals surface area (Å²) in [6, 6.07) is 8.83. The van der Waals surface area contributed by atoms with Crippen LogP contribution >= 0.6 is 11.3 Å². The summed E-state index contributed by atoms with van der Waals surface area (Å²) in [5.74, 6) is -0.430. The topological polar surface area (TPSA) is 37.4 Å². The van der Waals surface area contributed by atoms with E-state index in [1.54, 1.807) is 11.3 Å². The maximum absolute atomic E-state index is 12.9. The molecule has 1 fully saturated rings. The molecule has 1 atom stereocenters. The van der Waals surface area contributed by atoms with Gasteiger partial charge in [0.25, 0.3) is 0 Å². The van der Waals surface area contributed by atoms with Gasteiger partial charge in [-0.1, -0.05) is 6.07 Å². The van der Waals surface area contributed by atoms with Gasteiger partial charge in [-0.05, 0) is 48.6 Å². The number of hydrogen-bond acceptors (Lipinski definition) is 3. The molecule has 2 heterocycles. The molecule has 106 valence electrons. The summed E-state index contributed by atoms with van der Waals surface area (Å²) in [5, 5.41) is 1.95. The fourth-order valence-electron chi connectivity index (χ4n) is 2.54. The molecule has 1 saturated heterocycles. The van der Waals surface area contributed by atoms with Crippen LogP contribution in [0.3, 0.4) is 0 Å². The maximum Gasteiger partial charge on any atom is 0.243 e. The van der Waals surface area contributed by atoms with E-state index in [0.717, 1.165) is 17.7 Å². The minimum Gasteiger partial charge on any atom is -0.207 e. The molecule has 1 aliphatic heterocycles. The number of nitrogens with zero attached hydrogens (tertiary/aromatic N) is 1. The van der Waals surface area contributed by atoms with Crippen molar-refractivity contribution in [3.63, 3.8) is 0 Å². The molecule has 0 aliphatic carbocycles. The lowest BCUT2D eigenvalue weighted by atomic mass is 10.2. The summed E-state index contributed by atoms with van der Waals surface area (Å²) in [5.41, 5.74) is 0. The Morgan fingerprint density at radius 2 is 1.95 bits per heavy atom. The zero-order valence-corrected chi connectivity index (χ0v) is 12.3. The van der Waals surface area contributed by atoms with E-state index in [1.807, 2.05) is 17.5 Å². The Labute approximate surface area is 121 Å². The van der Waals surface area contributed by atoms with Crippen molar-refractivity contribution in [2.24, 2.45) is 0 Å². The monoisotopic (exact) mass is 311 g/mol. The van der Waals surface area contributed by atoms with E-state index in [-0.39, 0.29) is 10.9 Å². The highest BCUT2D eigenvalue weighted by molar-refractivity contribution is 7.89. The van der Waals surface area contributed by atoms with Crippen molar-refractivity contribution in [3.8, 4) is 0 Å². The van der Waals surface area contributed by atoms with Gasteiger partial charge >= 0.3 is 0 Å². The van der Waals surface area contributed by atoms with Crippen LogP contribution in [0.25, 0.3) is 0 Å². The van der Waals surface area contributed by atoms with E-state index in [1.165, 1.54) is 28.6 Å². The van der Waals surface area contributed by atoms with Crippen molar-refractivity contribution in [1.82, 2.24) is 4.31 Å². The van der Waals surface area contributed by atoms with Crippen LogP contribution in [-0.4, -0.2) is 19.3 Å². The van der Waals surface area contributed by atoms with Crippen molar-refractivity contribution in [2.75, 3.05) is 6.54 Å². The quantitative estimate of drug-likeness (QED) is 0.871. The van der Waals surface area contributed by atoms with Crippen molar-refractivity contribution < 1.29 is 12.8 Å². The number of halogens is 1. The molecule has 20 heavy (non-hydrogen) atoms. The number of hydrogen-bond donors (Lipinski definition) is 0. The van der Waals surface area contributed by atoms with Gasteiger partial charge in [-0.15, -0.1) is 11.3 Å². The summed E-state index contributed by atoms with van der Waals surface area (Å²) in [4.78, 5) is 1.22. The largest absolute Gasteiger partial charge is 0.243 e. The Morgan fingerprint density at radius 1 is 1.20 bits per heavy atom. The standard InChI is InChI=1S/C14H14FNO2S2/c15-11-5-7-12(8-6-11)20(17,18)16-9-1-3-13(16)14-4-2-10-19-14/h2,4-8,10,13H,1,3,9H2/t13-/m0/s1. The fraction of sp³-hybridized carbons (Fsp3) is 0.286. The molecule has 0 bridgehead atoms. The summed E-state index contributed by atoms with van der Waals surface area (Å²) in [6.07, 6.45) is 1.68. The smallest absolute Gasteiger partial charge is 0.207 e. The number of benzene rings is 1. The first kappa shape index (κ1) is 13.7. The number of sulfonamides is 1. The fourth-order valence-corrected chi connectivity index (χ4v) is 5.15. The van der Waals surface area contributed by atoms with E-state index < -0.39 is 15.8 Å². The summed E-state index contributed by atoms with van der Waals surface area (Å²) < 4.78 is 39.8. The van der Waals surface area contributed by atoms with Crippen molar-refractivity contribution >= 4 is 21.4 Å². The van der Waals surface area contributed by atoms with Gasteiger partial charge < -0.3 is 0 Å². The average Bonchev–Trinajstić information content (AvgIpc) is 3.10. The molecular formula is C14H14FNO2S2. The average molecular weight is 311 g/mol. The number of rotatable bonds is 3. The normalized spacial score (nSPS) is 20.4. The molecule has 3 rings (SSSR count). The lowest BCUT2D eigenvalue weighted by molar-refractivity contribution is 0.401. The first-order valence-corrected chi connectivity index (χ1v) is 8.72. The molecule has 0 amide bonds. The van der Waals surface area contributed by atoms with E-state index in [9.17, 15) is 12.8 Å². The predicted molar refractivity (Wildman–Crippen MR) is 76.6 cm³/mol. The summed E-state index contributed by atoms with van der Waals surface area (Å²) >= 11 is 1.57. The summed E-state index contributed by atoms with van der Waals surface area (Å²) in [7, 11) is -3.56. The Kier molecular flexibility index (Phi) is 3.62. The second kappa shape index (κ2) is 5.27. The van der Waals surface area contributed by atoms with Gasteiger partial charge in [-0.25, -0.2) is 12.8 Å². The first-order chi connectivity index (χ1) is 9.59. The van der Waals surface area contributed by atoms with Crippen LogP contribution in [0, 0.1) is 5.82 Å². The SMILES string of the molecule is O=S(=O)(c1ccc(F)cc1)N1CCC[C@H]1c1cccs1. The van der Waals surface area contributed by atoms with Gasteiger partial charge in [0, 0.05) is 11.4 Å².